The molecule has 10 heteroatoms. The highest BCUT2D eigenvalue weighted by molar-refractivity contribution is 7.99. The van der Waals surface area contributed by atoms with Crippen LogP contribution >= 0.6 is 58.1 Å². The van der Waals surface area contributed by atoms with Crippen molar-refractivity contribution in [2.24, 2.45) is 0 Å². The summed E-state index contributed by atoms with van der Waals surface area (Å²) in [6, 6.07) is 16.0. The number of fused-ring (bicyclic) bond motifs is 5. The van der Waals surface area contributed by atoms with Gasteiger partial charge in [-0.05, 0) is 42.7 Å². The van der Waals surface area contributed by atoms with Crippen molar-refractivity contribution < 1.29 is 4.74 Å². The van der Waals surface area contributed by atoms with E-state index in [1.165, 1.54) is 16.0 Å². The van der Waals surface area contributed by atoms with Crippen LogP contribution in [0.5, 0.6) is 0 Å². The van der Waals surface area contributed by atoms with Gasteiger partial charge in [-0.2, -0.15) is 0 Å². The number of benzene rings is 2. The van der Waals surface area contributed by atoms with Gasteiger partial charge in [-0.25, -0.2) is 9.38 Å². The first kappa shape index (κ1) is 24.5. The minimum atomic E-state index is -0.225. The Balaban J connectivity index is 1.46. The van der Waals surface area contributed by atoms with E-state index in [9.17, 15) is 0 Å². The van der Waals surface area contributed by atoms with Gasteiger partial charge in [-0.1, -0.05) is 83.1 Å². The summed E-state index contributed by atoms with van der Waals surface area (Å²) in [4.78, 5) is 7.35. The normalized spacial score (nSPS) is 15.0. The first-order chi connectivity index (χ1) is 17.4. The van der Waals surface area contributed by atoms with Gasteiger partial charge in [0, 0.05) is 32.8 Å². The highest BCUT2D eigenvalue weighted by Crippen LogP contribution is 2.42. The monoisotopic (exact) mass is 572 g/mol. The quantitative estimate of drug-likeness (QED) is 0.151. The number of nitrogens with zero attached hydrogens (tertiary/aromatic N) is 4. The van der Waals surface area contributed by atoms with Gasteiger partial charge in [0.2, 0.25) is 0 Å². The van der Waals surface area contributed by atoms with Gasteiger partial charge >= 0.3 is 0 Å². The molecule has 0 bridgehead atoms. The molecule has 0 atom stereocenters. The van der Waals surface area contributed by atoms with Crippen LogP contribution in [0, 0.1) is 0 Å². The average molecular weight is 574 g/mol. The van der Waals surface area contributed by atoms with Gasteiger partial charge in [-0.3, -0.25) is 0 Å². The fourth-order valence-electron chi connectivity index (χ4n) is 4.31. The highest BCUT2D eigenvalue weighted by Gasteiger charge is 2.31. The first-order valence-corrected chi connectivity index (χ1v) is 15.0. The molecule has 3 aromatic heterocycles. The molecule has 0 unspecified atom stereocenters. The fraction of sp³-hybridized carbons (Fsp3) is 0.269. The molecule has 1 aliphatic heterocycles. The summed E-state index contributed by atoms with van der Waals surface area (Å²) < 4.78 is 8.19. The topological polar surface area (TPSA) is 52.3 Å². The number of hydrogen-bond donors (Lipinski definition) is 0. The average Bonchev–Trinajstić information content (AvgIpc) is 3.43. The summed E-state index contributed by atoms with van der Waals surface area (Å²) >= 11 is 17.8. The molecule has 5 nitrogen and oxygen atoms in total. The maximum absolute atomic E-state index is 6.44. The Morgan fingerprint density at radius 1 is 0.972 bits per heavy atom. The Labute approximate surface area is 231 Å². The van der Waals surface area contributed by atoms with E-state index in [0.717, 1.165) is 43.9 Å². The number of ether oxygens (including phenoxy) is 1. The second-order valence-corrected chi connectivity index (χ2v) is 13.0. The third-order valence-electron chi connectivity index (χ3n) is 6.13. The number of rotatable bonds is 6. The van der Waals surface area contributed by atoms with Crippen LogP contribution in [0.15, 0.2) is 58.8 Å². The lowest BCUT2D eigenvalue weighted by molar-refractivity contribution is -0.0379. The van der Waals surface area contributed by atoms with E-state index in [2.05, 4.69) is 52.7 Å². The third kappa shape index (κ3) is 4.64. The van der Waals surface area contributed by atoms with Crippen molar-refractivity contribution in [1.82, 2.24) is 19.6 Å². The van der Waals surface area contributed by atoms with Crippen LogP contribution in [0.2, 0.25) is 10.0 Å². The Morgan fingerprint density at radius 3 is 2.50 bits per heavy atom. The van der Waals surface area contributed by atoms with Crippen LogP contribution in [-0.4, -0.2) is 25.2 Å². The van der Waals surface area contributed by atoms with E-state index < -0.39 is 0 Å². The van der Waals surface area contributed by atoms with Crippen LogP contribution in [0.1, 0.15) is 35.4 Å². The molecule has 184 valence electrons. The van der Waals surface area contributed by atoms with Gasteiger partial charge in [0.05, 0.1) is 17.6 Å². The second-order valence-electron chi connectivity index (χ2n) is 9.21. The van der Waals surface area contributed by atoms with Crippen LogP contribution in [0.25, 0.3) is 15.9 Å². The van der Waals surface area contributed by atoms with Crippen molar-refractivity contribution >= 4 is 73.9 Å². The Bertz CT molecular complexity index is 1560. The van der Waals surface area contributed by atoms with Crippen molar-refractivity contribution in [3.05, 3.63) is 80.1 Å². The van der Waals surface area contributed by atoms with E-state index >= 15 is 0 Å². The Kier molecular flexibility index (Phi) is 6.69. The van der Waals surface area contributed by atoms with Gasteiger partial charge in [0.1, 0.15) is 4.83 Å². The summed E-state index contributed by atoms with van der Waals surface area (Å²) in [5, 5.41) is 13.3. The number of aromatic nitrogens is 4. The molecule has 0 aliphatic carbocycles. The second kappa shape index (κ2) is 9.82. The third-order valence-corrected chi connectivity index (χ3v) is 9.90. The molecule has 36 heavy (non-hydrogen) atoms. The number of thioether (sulfide) groups is 2. The zero-order valence-corrected chi connectivity index (χ0v) is 23.6. The van der Waals surface area contributed by atoms with Crippen molar-refractivity contribution in [2.75, 3.05) is 0 Å². The standard InChI is InChI=1S/C26H22Cl2N4OS3/c1-26(2)11-16-20(12-33-26)36-23-21(16)22-30-31-25(35-14-17-18(27)9-6-10-19(17)28)32(22)24(29-23)34-13-15-7-4-3-5-8-15/h3-10H,11-14H2,1-2H3. The lowest BCUT2D eigenvalue weighted by Crippen LogP contribution is -2.31. The molecule has 0 amide bonds. The number of halogens is 2. The van der Waals surface area contributed by atoms with Crippen molar-refractivity contribution in [2.45, 2.75) is 54.3 Å². The van der Waals surface area contributed by atoms with Crippen molar-refractivity contribution in [3.63, 3.8) is 0 Å². The zero-order chi connectivity index (χ0) is 24.9. The molecule has 2 aromatic carbocycles. The van der Waals surface area contributed by atoms with E-state index in [-0.39, 0.29) is 5.60 Å². The SMILES string of the molecule is CC1(C)Cc2c(sc3nc(SCc4ccccc4)n4c(SCc5c(Cl)cccc5Cl)nnc4c23)CO1. The largest absolute Gasteiger partial charge is 0.370 e. The fourth-order valence-corrected chi connectivity index (χ4v) is 8.14. The minimum absolute atomic E-state index is 0.225. The van der Waals surface area contributed by atoms with Crippen molar-refractivity contribution in [1.29, 1.82) is 0 Å². The number of thiophene rings is 1. The molecule has 0 N–H and O–H groups in total. The Morgan fingerprint density at radius 2 is 1.72 bits per heavy atom. The first-order valence-electron chi connectivity index (χ1n) is 11.5. The predicted molar refractivity (Wildman–Crippen MR) is 151 cm³/mol. The van der Waals surface area contributed by atoms with Crippen LogP contribution < -0.4 is 0 Å². The van der Waals surface area contributed by atoms with E-state index in [1.807, 2.05) is 24.3 Å². The summed E-state index contributed by atoms with van der Waals surface area (Å²) in [6.45, 7) is 4.86. The van der Waals surface area contributed by atoms with Crippen LogP contribution in [0.3, 0.4) is 0 Å². The molecule has 4 heterocycles. The van der Waals surface area contributed by atoms with Crippen LogP contribution in [0.4, 0.5) is 0 Å². The Hall–Kier alpha value is -1.81. The van der Waals surface area contributed by atoms with E-state index in [4.69, 9.17) is 32.9 Å². The molecule has 0 saturated carbocycles. The van der Waals surface area contributed by atoms with Crippen molar-refractivity contribution in [3.8, 4) is 0 Å². The molecule has 0 fully saturated rings. The maximum atomic E-state index is 6.44. The maximum Gasteiger partial charge on any atom is 0.198 e. The van der Waals surface area contributed by atoms with Gasteiger partial charge in [0.25, 0.3) is 0 Å². The van der Waals surface area contributed by atoms with Gasteiger partial charge in [0.15, 0.2) is 16.0 Å². The number of hydrogen-bond acceptors (Lipinski definition) is 7. The summed E-state index contributed by atoms with van der Waals surface area (Å²) in [5.41, 5.74) is 4.03. The molecular formula is C26H22Cl2N4OS3. The van der Waals surface area contributed by atoms with E-state index in [1.54, 1.807) is 34.9 Å². The van der Waals surface area contributed by atoms with Gasteiger partial charge in [-0.15, -0.1) is 21.5 Å². The molecule has 5 aromatic rings. The molecule has 0 radical (unpaired) electrons. The molecular weight excluding hydrogens is 551 g/mol. The molecule has 0 saturated heterocycles. The summed E-state index contributed by atoms with van der Waals surface area (Å²) in [5.74, 6) is 1.39. The van der Waals surface area contributed by atoms with Gasteiger partial charge < -0.3 is 4.74 Å². The summed E-state index contributed by atoms with van der Waals surface area (Å²) in [6.07, 6.45) is 0.820. The highest BCUT2D eigenvalue weighted by atomic mass is 35.5. The molecule has 0 spiro atoms. The predicted octanol–water partition coefficient (Wildman–Crippen LogP) is 8.08. The molecule has 6 rings (SSSR count). The van der Waals surface area contributed by atoms with Crippen LogP contribution in [-0.2, 0) is 29.3 Å². The lowest BCUT2D eigenvalue weighted by Gasteiger charge is -2.30. The minimum Gasteiger partial charge on any atom is -0.370 e. The lowest BCUT2D eigenvalue weighted by atomic mass is 9.94. The summed E-state index contributed by atoms with van der Waals surface area (Å²) in [7, 11) is 0. The molecule has 1 aliphatic rings. The zero-order valence-electron chi connectivity index (χ0n) is 19.6. The van der Waals surface area contributed by atoms with E-state index in [0.29, 0.717) is 22.4 Å². The smallest absolute Gasteiger partial charge is 0.198 e.